The van der Waals surface area contributed by atoms with Crippen molar-refractivity contribution < 1.29 is 23.9 Å². The van der Waals surface area contributed by atoms with Crippen molar-refractivity contribution in [1.29, 1.82) is 0 Å². The van der Waals surface area contributed by atoms with Crippen molar-refractivity contribution in [1.82, 2.24) is 4.90 Å². The summed E-state index contributed by atoms with van der Waals surface area (Å²) in [6, 6.07) is 11.8. The lowest BCUT2D eigenvalue weighted by atomic mass is 10.1. The van der Waals surface area contributed by atoms with E-state index in [0.29, 0.717) is 30.0 Å². The van der Waals surface area contributed by atoms with Crippen LogP contribution in [0.25, 0.3) is 0 Å². The molecule has 2 aromatic carbocycles. The van der Waals surface area contributed by atoms with E-state index >= 15 is 0 Å². The predicted octanol–water partition coefficient (Wildman–Crippen LogP) is 2.21. The van der Waals surface area contributed by atoms with Crippen LogP contribution >= 0.6 is 0 Å². The first kappa shape index (κ1) is 18.6. The second kappa shape index (κ2) is 8.01. The van der Waals surface area contributed by atoms with Crippen LogP contribution in [0.3, 0.4) is 0 Å². The first-order valence-electron chi connectivity index (χ1n) is 8.42. The van der Waals surface area contributed by atoms with Gasteiger partial charge < -0.3 is 19.7 Å². The molecule has 27 heavy (non-hydrogen) atoms. The molecule has 1 N–H and O–H groups in total. The number of nitrogens with zero attached hydrogens (tertiary/aromatic N) is 1. The lowest BCUT2D eigenvalue weighted by Gasteiger charge is -2.12. The Morgan fingerprint density at radius 3 is 2.59 bits per heavy atom. The maximum Gasteiger partial charge on any atom is 0.338 e. The highest BCUT2D eigenvalue weighted by Gasteiger charge is 2.16. The first-order chi connectivity index (χ1) is 12.9. The molecule has 0 radical (unpaired) electrons. The maximum absolute atomic E-state index is 12.1. The Kier molecular flexibility index (Phi) is 5.52. The molecule has 1 aliphatic rings. The number of rotatable bonds is 5. The number of nitrogens with one attached hydrogen (secondary N) is 1. The van der Waals surface area contributed by atoms with Gasteiger partial charge in [0.15, 0.2) is 6.61 Å². The van der Waals surface area contributed by atoms with Gasteiger partial charge in [0, 0.05) is 25.3 Å². The molecule has 0 spiro atoms. The third-order valence-electron chi connectivity index (χ3n) is 4.09. The number of anilines is 1. The van der Waals surface area contributed by atoms with Gasteiger partial charge in [-0.05, 0) is 41.5 Å². The number of carbonyl (C=O) groups excluding carboxylic acids is 3. The van der Waals surface area contributed by atoms with E-state index in [-0.39, 0.29) is 5.91 Å². The Labute approximate surface area is 156 Å². The molecule has 7 heteroatoms. The summed E-state index contributed by atoms with van der Waals surface area (Å²) in [5, 5.41) is 2.62. The van der Waals surface area contributed by atoms with Crippen molar-refractivity contribution >= 4 is 23.5 Å². The zero-order chi connectivity index (χ0) is 19.4. The molecule has 2 aromatic rings. The fourth-order valence-corrected chi connectivity index (χ4v) is 2.70. The van der Waals surface area contributed by atoms with Gasteiger partial charge in [-0.15, -0.1) is 0 Å². The van der Waals surface area contributed by atoms with Crippen LogP contribution in [0.5, 0.6) is 0 Å². The molecular weight excluding hydrogens is 348 g/mol. The number of hydrogen-bond donors (Lipinski definition) is 1. The lowest BCUT2D eigenvalue weighted by Crippen LogP contribution is -2.23. The number of esters is 1. The van der Waals surface area contributed by atoms with E-state index in [2.05, 4.69) is 5.32 Å². The van der Waals surface area contributed by atoms with Gasteiger partial charge >= 0.3 is 5.97 Å². The molecule has 140 valence electrons. The Bertz CT molecular complexity index is 892. The molecule has 2 amide bonds. The van der Waals surface area contributed by atoms with Crippen LogP contribution in [-0.4, -0.2) is 43.4 Å². The summed E-state index contributed by atoms with van der Waals surface area (Å²) < 4.78 is 10.4. The van der Waals surface area contributed by atoms with Gasteiger partial charge in [-0.3, -0.25) is 9.59 Å². The summed E-state index contributed by atoms with van der Waals surface area (Å²) in [5.74, 6) is -1.23. The number of carbonyl (C=O) groups is 3. The van der Waals surface area contributed by atoms with Crippen LogP contribution in [0, 0.1) is 0 Å². The van der Waals surface area contributed by atoms with Crippen molar-refractivity contribution in [2.45, 2.75) is 13.2 Å². The molecule has 0 aliphatic carbocycles. The first-order valence-corrected chi connectivity index (χ1v) is 8.42. The third kappa shape index (κ3) is 4.51. The molecule has 0 saturated heterocycles. The fourth-order valence-electron chi connectivity index (χ4n) is 2.70. The zero-order valence-electron chi connectivity index (χ0n) is 15.2. The standard InChI is InChI=1S/C20H20N2O5/c1-22(2)19(24)13-4-3-5-17(9-13)21-18(23)12-27-20(25)14-6-7-15-10-26-11-16(15)8-14/h3-9H,10-12H2,1-2H3,(H,21,23). The fraction of sp³-hybridized carbons (Fsp3) is 0.250. The highest BCUT2D eigenvalue weighted by Crippen LogP contribution is 2.21. The van der Waals surface area contributed by atoms with Crippen LogP contribution in [0.15, 0.2) is 42.5 Å². The van der Waals surface area contributed by atoms with Gasteiger partial charge in [0.2, 0.25) is 0 Å². The number of ether oxygens (including phenoxy) is 2. The highest BCUT2D eigenvalue weighted by atomic mass is 16.5. The van der Waals surface area contributed by atoms with E-state index in [9.17, 15) is 14.4 Å². The van der Waals surface area contributed by atoms with E-state index in [4.69, 9.17) is 9.47 Å². The maximum atomic E-state index is 12.1. The molecule has 0 aromatic heterocycles. The molecule has 1 aliphatic heterocycles. The van der Waals surface area contributed by atoms with Crippen molar-refractivity contribution in [3.8, 4) is 0 Å². The SMILES string of the molecule is CN(C)C(=O)c1cccc(NC(=O)COC(=O)c2ccc3c(c2)COC3)c1. The second-order valence-electron chi connectivity index (χ2n) is 6.38. The predicted molar refractivity (Wildman–Crippen MR) is 98.3 cm³/mol. The van der Waals surface area contributed by atoms with Crippen LogP contribution < -0.4 is 5.32 Å². The Balaban J connectivity index is 1.56. The van der Waals surface area contributed by atoms with Crippen molar-refractivity contribution in [2.75, 3.05) is 26.0 Å². The second-order valence-corrected chi connectivity index (χ2v) is 6.38. The van der Waals surface area contributed by atoms with Gasteiger partial charge in [-0.25, -0.2) is 4.79 Å². The minimum atomic E-state index is -0.573. The minimum absolute atomic E-state index is 0.168. The van der Waals surface area contributed by atoms with Crippen molar-refractivity contribution in [2.24, 2.45) is 0 Å². The number of amides is 2. The normalized spacial score (nSPS) is 12.2. The Hall–Kier alpha value is -3.19. The van der Waals surface area contributed by atoms with E-state index in [1.165, 1.54) is 4.90 Å². The summed E-state index contributed by atoms with van der Waals surface area (Å²) in [4.78, 5) is 37.6. The lowest BCUT2D eigenvalue weighted by molar-refractivity contribution is -0.119. The average Bonchev–Trinajstić information content (AvgIpc) is 3.13. The molecule has 0 atom stereocenters. The van der Waals surface area contributed by atoms with Crippen LogP contribution in [-0.2, 0) is 27.5 Å². The van der Waals surface area contributed by atoms with E-state index < -0.39 is 18.5 Å². The van der Waals surface area contributed by atoms with Crippen LogP contribution in [0.2, 0.25) is 0 Å². The molecular formula is C20H20N2O5. The average molecular weight is 368 g/mol. The van der Waals surface area contributed by atoms with E-state index in [0.717, 1.165) is 11.1 Å². The molecule has 7 nitrogen and oxygen atoms in total. The molecule has 0 saturated carbocycles. The third-order valence-corrected chi connectivity index (χ3v) is 4.09. The monoisotopic (exact) mass is 368 g/mol. The highest BCUT2D eigenvalue weighted by molar-refractivity contribution is 5.98. The number of benzene rings is 2. The van der Waals surface area contributed by atoms with Gasteiger partial charge in [0.05, 0.1) is 18.8 Å². The number of hydrogen-bond acceptors (Lipinski definition) is 5. The van der Waals surface area contributed by atoms with Crippen LogP contribution in [0.4, 0.5) is 5.69 Å². The zero-order valence-corrected chi connectivity index (χ0v) is 15.2. The molecule has 3 rings (SSSR count). The minimum Gasteiger partial charge on any atom is -0.452 e. The number of fused-ring (bicyclic) bond motifs is 1. The largest absolute Gasteiger partial charge is 0.452 e. The summed E-state index contributed by atoms with van der Waals surface area (Å²) in [6.45, 7) is 0.597. The summed E-state index contributed by atoms with van der Waals surface area (Å²) in [7, 11) is 3.30. The van der Waals surface area contributed by atoms with E-state index in [1.807, 2.05) is 6.07 Å². The van der Waals surface area contributed by atoms with E-state index in [1.54, 1.807) is 50.5 Å². The van der Waals surface area contributed by atoms with Gasteiger partial charge in [-0.2, -0.15) is 0 Å². The quantitative estimate of drug-likeness (QED) is 0.818. The van der Waals surface area contributed by atoms with Crippen LogP contribution in [0.1, 0.15) is 31.8 Å². The van der Waals surface area contributed by atoms with Crippen molar-refractivity contribution in [3.05, 3.63) is 64.7 Å². The Morgan fingerprint density at radius 1 is 1.04 bits per heavy atom. The summed E-state index contributed by atoms with van der Waals surface area (Å²) >= 11 is 0. The van der Waals surface area contributed by atoms with Gasteiger partial charge in [0.1, 0.15) is 0 Å². The summed E-state index contributed by atoms with van der Waals surface area (Å²) in [5.41, 5.74) is 3.30. The van der Waals surface area contributed by atoms with Gasteiger partial charge in [0.25, 0.3) is 11.8 Å². The topological polar surface area (TPSA) is 84.9 Å². The van der Waals surface area contributed by atoms with Gasteiger partial charge in [-0.1, -0.05) is 12.1 Å². The molecule has 0 fully saturated rings. The summed E-state index contributed by atoms with van der Waals surface area (Å²) in [6.07, 6.45) is 0. The molecule has 1 heterocycles. The van der Waals surface area contributed by atoms with Crippen molar-refractivity contribution in [3.63, 3.8) is 0 Å². The smallest absolute Gasteiger partial charge is 0.338 e. The molecule has 0 bridgehead atoms. The Morgan fingerprint density at radius 2 is 1.81 bits per heavy atom. The molecule has 0 unspecified atom stereocenters.